The Morgan fingerprint density at radius 3 is 2.61 bits per heavy atom. The molecule has 2 aliphatic rings. The molecule has 190 valence electrons. The van der Waals surface area contributed by atoms with Crippen LogP contribution in [-0.4, -0.2) is 85.7 Å². The molecule has 1 aromatic carbocycles. The van der Waals surface area contributed by atoms with Gasteiger partial charge >= 0.3 is 0 Å². The van der Waals surface area contributed by atoms with Gasteiger partial charge in [-0.3, -0.25) is 14.8 Å². The summed E-state index contributed by atoms with van der Waals surface area (Å²) in [7, 11) is 0. The molecule has 1 N–H and O–H groups in total. The fourth-order valence-corrected chi connectivity index (χ4v) is 5.44. The van der Waals surface area contributed by atoms with Crippen LogP contribution in [0.25, 0.3) is 11.5 Å². The fourth-order valence-electron chi connectivity index (χ4n) is 5.44. The van der Waals surface area contributed by atoms with Crippen molar-refractivity contribution < 1.29 is 9.18 Å². The minimum Gasteiger partial charge on any atom is -0.352 e. The zero-order valence-corrected chi connectivity index (χ0v) is 21.1. The average molecular weight is 493 g/mol. The Morgan fingerprint density at radius 2 is 1.94 bits per heavy atom. The Bertz CT molecular complexity index is 1210. The number of H-pyrrole nitrogens is 1. The van der Waals surface area contributed by atoms with Gasteiger partial charge in [-0.2, -0.15) is 5.10 Å². The largest absolute Gasteiger partial charge is 0.352 e. The Labute approximate surface area is 210 Å². The van der Waals surface area contributed by atoms with Crippen molar-refractivity contribution in [1.29, 1.82) is 0 Å². The molecule has 2 aromatic heterocycles. The first-order valence-electron chi connectivity index (χ1n) is 12.7. The monoisotopic (exact) mass is 492 g/mol. The Kier molecular flexibility index (Phi) is 6.95. The normalized spacial score (nSPS) is 19.6. The first-order valence-corrected chi connectivity index (χ1v) is 12.7. The standard InChI is InChI=1S/C26H33FN8O/c1-4-20-15-34(25-18(3)31-23(14-28-25)24-29-16-30-32-24)11-12-35(20)21-7-9-33(10-8-21)26(36)19-6-5-17(2)22(27)13-19/h5-6,13-14,16,20-21H,4,7-12,15H2,1-3H3,(H,29,30,32)/t20-/m0/s1. The molecule has 0 radical (unpaired) electrons. The van der Waals surface area contributed by atoms with Crippen LogP contribution in [-0.2, 0) is 0 Å². The lowest BCUT2D eigenvalue weighted by Crippen LogP contribution is -2.58. The minimum absolute atomic E-state index is 0.0771. The van der Waals surface area contributed by atoms with E-state index in [0.29, 0.717) is 47.8 Å². The number of carbonyl (C=O) groups is 1. The van der Waals surface area contributed by atoms with Crippen molar-refractivity contribution in [3.05, 3.63) is 53.4 Å². The van der Waals surface area contributed by atoms with E-state index in [1.54, 1.807) is 25.3 Å². The highest BCUT2D eigenvalue weighted by Gasteiger charge is 2.35. The number of hydrogen-bond acceptors (Lipinski definition) is 7. The maximum absolute atomic E-state index is 14.0. The van der Waals surface area contributed by atoms with Crippen LogP contribution in [0.5, 0.6) is 0 Å². The molecule has 0 saturated carbocycles. The Hall–Kier alpha value is -3.40. The molecule has 0 bridgehead atoms. The van der Waals surface area contributed by atoms with Crippen molar-refractivity contribution in [1.82, 2.24) is 34.9 Å². The van der Waals surface area contributed by atoms with Crippen LogP contribution < -0.4 is 4.90 Å². The predicted molar refractivity (Wildman–Crippen MR) is 135 cm³/mol. The fraction of sp³-hybridized carbons (Fsp3) is 0.500. The molecule has 1 amide bonds. The van der Waals surface area contributed by atoms with Gasteiger partial charge in [-0.15, -0.1) is 0 Å². The second-order valence-electron chi connectivity index (χ2n) is 9.72. The number of amides is 1. The highest BCUT2D eigenvalue weighted by atomic mass is 19.1. The summed E-state index contributed by atoms with van der Waals surface area (Å²) in [6.07, 6.45) is 6.18. The SMILES string of the molecule is CC[C@H]1CN(c2ncc(-c3nc[nH]n3)nc2C)CCN1C1CCN(C(=O)c2ccc(C)c(F)c2)CC1. The van der Waals surface area contributed by atoms with Crippen LogP contribution in [0.3, 0.4) is 0 Å². The molecule has 36 heavy (non-hydrogen) atoms. The van der Waals surface area contributed by atoms with Gasteiger partial charge in [0.1, 0.15) is 23.7 Å². The van der Waals surface area contributed by atoms with Gasteiger partial charge in [-0.1, -0.05) is 13.0 Å². The molecule has 0 spiro atoms. The third-order valence-corrected chi connectivity index (χ3v) is 7.50. The van der Waals surface area contributed by atoms with Crippen LogP contribution in [0.15, 0.2) is 30.7 Å². The Balaban J connectivity index is 1.20. The summed E-state index contributed by atoms with van der Waals surface area (Å²) < 4.78 is 14.0. The van der Waals surface area contributed by atoms with Crippen LogP contribution in [0, 0.1) is 19.7 Å². The van der Waals surface area contributed by atoms with Crippen LogP contribution in [0.1, 0.15) is 47.8 Å². The number of piperidine rings is 1. The van der Waals surface area contributed by atoms with Crippen molar-refractivity contribution >= 4 is 11.7 Å². The van der Waals surface area contributed by atoms with Crippen molar-refractivity contribution in [2.45, 2.75) is 52.1 Å². The lowest BCUT2D eigenvalue weighted by Gasteiger charge is -2.47. The average Bonchev–Trinajstić information content (AvgIpc) is 3.45. The predicted octanol–water partition coefficient (Wildman–Crippen LogP) is 3.22. The number of aromatic nitrogens is 5. The number of halogens is 1. The molecular formula is C26H33FN8O. The number of hydrogen-bond donors (Lipinski definition) is 1. The van der Waals surface area contributed by atoms with E-state index in [-0.39, 0.29) is 11.7 Å². The highest BCUT2D eigenvalue weighted by Crippen LogP contribution is 2.27. The summed E-state index contributed by atoms with van der Waals surface area (Å²) in [5.41, 5.74) is 2.53. The summed E-state index contributed by atoms with van der Waals surface area (Å²) in [4.78, 5) is 33.3. The third-order valence-electron chi connectivity index (χ3n) is 7.50. The summed E-state index contributed by atoms with van der Waals surface area (Å²) in [5, 5.41) is 6.81. The molecule has 5 rings (SSSR count). The van der Waals surface area contributed by atoms with Crippen LogP contribution in [0.4, 0.5) is 10.2 Å². The van der Waals surface area contributed by atoms with Crippen molar-refractivity contribution in [3.8, 4) is 11.5 Å². The van der Waals surface area contributed by atoms with E-state index < -0.39 is 0 Å². The number of aromatic amines is 1. The number of nitrogens with zero attached hydrogens (tertiary/aromatic N) is 7. The molecule has 1 atom stereocenters. The van der Waals surface area contributed by atoms with Gasteiger partial charge in [0.15, 0.2) is 0 Å². The molecule has 2 aliphatic heterocycles. The van der Waals surface area contributed by atoms with Gasteiger partial charge in [-0.05, 0) is 50.8 Å². The number of benzene rings is 1. The van der Waals surface area contributed by atoms with Crippen molar-refractivity contribution in [2.75, 3.05) is 37.6 Å². The summed E-state index contributed by atoms with van der Waals surface area (Å²) >= 11 is 0. The van der Waals surface area contributed by atoms with Crippen LogP contribution >= 0.6 is 0 Å². The van der Waals surface area contributed by atoms with Crippen LogP contribution in [0.2, 0.25) is 0 Å². The minimum atomic E-state index is -0.327. The van der Waals surface area contributed by atoms with E-state index in [2.05, 4.69) is 36.9 Å². The number of likely N-dealkylation sites (tertiary alicyclic amines) is 1. The van der Waals surface area contributed by atoms with E-state index >= 15 is 0 Å². The first-order chi connectivity index (χ1) is 17.4. The maximum atomic E-state index is 14.0. The number of nitrogens with one attached hydrogen (secondary N) is 1. The van der Waals surface area contributed by atoms with Crippen molar-refractivity contribution in [3.63, 3.8) is 0 Å². The maximum Gasteiger partial charge on any atom is 0.253 e. The molecule has 4 heterocycles. The van der Waals surface area contributed by atoms with E-state index in [1.807, 2.05) is 11.8 Å². The summed E-state index contributed by atoms with van der Waals surface area (Å²) in [5.74, 6) is 1.06. The van der Waals surface area contributed by atoms with E-state index in [4.69, 9.17) is 4.98 Å². The third kappa shape index (κ3) is 4.82. The number of piperazine rings is 1. The molecule has 2 fully saturated rings. The lowest BCUT2D eigenvalue weighted by atomic mass is 9.97. The van der Waals surface area contributed by atoms with Gasteiger partial charge in [-0.25, -0.2) is 19.3 Å². The van der Waals surface area contributed by atoms with Gasteiger partial charge in [0.05, 0.1) is 11.9 Å². The van der Waals surface area contributed by atoms with E-state index in [0.717, 1.165) is 50.4 Å². The lowest BCUT2D eigenvalue weighted by molar-refractivity contribution is 0.0490. The molecule has 9 nitrogen and oxygen atoms in total. The van der Waals surface area contributed by atoms with Gasteiger partial charge in [0, 0.05) is 50.4 Å². The van der Waals surface area contributed by atoms with E-state index in [1.165, 1.54) is 12.4 Å². The Morgan fingerprint density at radius 1 is 1.14 bits per heavy atom. The highest BCUT2D eigenvalue weighted by molar-refractivity contribution is 5.94. The molecule has 0 unspecified atom stereocenters. The zero-order valence-electron chi connectivity index (χ0n) is 21.1. The molecule has 3 aromatic rings. The van der Waals surface area contributed by atoms with Gasteiger partial charge < -0.3 is 9.80 Å². The molecule has 10 heteroatoms. The number of anilines is 1. The number of aryl methyl sites for hydroxylation is 2. The first kappa shape index (κ1) is 24.3. The quantitative estimate of drug-likeness (QED) is 0.584. The van der Waals surface area contributed by atoms with Gasteiger partial charge in [0.2, 0.25) is 5.82 Å². The summed E-state index contributed by atoms with van der Waals surface area (Å²) in [6, 6.07) is 5.61. The summed E-state index contributed by atoms with van der Waals surface area (Å²) in [6.45, 7) is 10.0. The zero-order chi connectivity index (χ0) is 25.2. The van der Waals surface area contributed by atoms with Gasteiger partial charge in [0.25, 0.3) is 5.91 Å². The topological polar surface area (TPSA) is 94.1 Å². The molecular weight excluding hydrogens is 459 g/mol. The second-order valence-corrected chi connectivity index (χ2v) is 9.72. The number of carbonyl (C=O) groups excluding carboxylic acids is 1. The van der Waals surface area contributed by atoms with Crippen molar-refractivity contribution in [2.24, 2.45) is 0 Å². The molecule has 0 aliphatic carbocycles. The molecule has 2 saturated heterocycles. The smallest absolute Gasteiger partial charge is 0.253 e. The second kappa shape index (κ2) is 10.3. The van der Waals surface area contributed by atoms with E-state index in [9.17, 15) is 9.18 Å². The number of rotatable bonds is 5.